The lowest BCUT2D eigenvalue weighted by atomic mass is 10.1. The second-order valence-electron chi connectivity index (χ2n) is 9.36. The quantitative estimate of drug-likeness (QED) is 0.108. The Balaban J connectivity index is 1.43. The van der Waals surface area contributed by atoms with Crippen LogP contribution in [-0.2, 0) is 9.59 Å². The summed E-state index contributed by atoms with van der Waals surface area (Å²) >= 11 is 3.31. The smallest absolute Gasteiger partial charge is 0.335 e. The molecule has 2 heterocycles. The van der Waals surface area contributed by atoms with E-state index in [1.165, 1.54) is 12.1 Å². The molecule has 0 bridgehead atoms. The van der Waals surface area contributed by atoms with Gasteiger partial charge >= 0.3 is 11.7 Å². The molecule has 0 saturated carbocycles. The molecule has 1 aromatic heterocycles. The lowest BCUT2D eigenvalue weighted by Gasteiger charge is -2.26. The maximum atomic E-state index is 13.3. The average Bonchev–Trinajstić information content (AvgIpc) is 3.24. The van der Waals surface area contributed by atoms with Gasteiger partial charge in [0.25, 0.3) is 17.5 Å². The van der Waals surface area contributed by atoms with E-state index in [2.05, 4.69) is 21.2 Å². The molecule has 0 unspecified atom stereocenters. The van der Waals surface area contributed by atoms with Crippen molar-refractivity contribution in [2.75, 3.05) is 4.90 Å². The largest absolute Gasteiger partial charge is 0.450 e. The summed E-state index contributed by atoms with van der Waals surface area (Å²) in [7, 11) is 0. The number of carbonyl (C=O) groups excluding carboxylic acids is 3. The van der Waals surface area contributed by atoms with Crippen LogP contribution in [0.15, 0.2) is 82.8 Å². The number of amides is 4. The molecule has 1 saturated heterocycles. The Hall–Kier alpha value is -5.63. The van der Waals surface area contributed by atoms with Crippen LogP contribution < -0.4 is 15.0 Å². The number of nitro benzene ring substituents is 2. The molecule has 1 fully saturated rings. The fraction of sp³-hybridized carbons (Fsp3) is 0.0690. The van der Waals surface area contributed by atoms with Crippen LogP contribution in [-0.4, -0.2) is 32.3 Å². The van der Waals surface area contributed by atoms with Gasteiger partial charge in [0.05, 0.1) is 21.6 Å². The molecule has 0 atom stereocenters. The molecule has 216 valence electrons. The summed E-state index contributed by atoms with van der Waals surface area (Å²) < 4.78 is 8.27. The normalized spacial score (nSPS) is 14.2. The van der Waals surface area contributed by atoms with E-state index in [1.807, 2.05) is 11.5 Å². The number of nitro groups is 2. The summed E-state index contributed by atoms with van der Waals surface area (Å²) in [5, 5.41) is 24.6. The van der Waals surface area contributed by atoms with Crippen LogP contribution >= 0.6 is 15.9 Å². The first kappa shape index (κ1) is 28.9. The number of carbonyl (C=O) groups is 3. The van der Waals surface area contributed by atoms with Gasteiger partial charge in [-0.15, -0.1) is 0 Å². The molecule has 0 spiro atoms. The van der Waals surface area contributed by atoms with Crippen LogP contribution in [0.1, 0.15) is 17.0 Å². The lowest BCUT2D eigenvalue weighted by molar-refractivity contribution is -0.394. The van der Waals surface area contributed by atoms with Gasteiger partial charge in [-0.3, -0.25) is 35.1 Å². The number of nitrogens with zero attached hydrogens (tertiary/aromatic N) is 4. The molecule has 43 heavy (non-hydrogen) atoms. The SMILES string of the molecule is Cc1cc(/C=C2\C(=O)NC(=O)N(c3ccc(Br)cc3)C2=O)c(C)n1-c1ccc(Oc2ccc([N+](=O)[O-])cc2[N+](=O)[O-])cc1. The monoisotopic (exact) mass is 645 g/mol. The van der Waals surface area contributed by atoms with Crippen LogP contribution in [0.5, 0.6) is 11.5 Å². The molecular weight excluding hydrogens is 626 g/mol. The zero-order chi connectivity index (χ0) is 31.0. The number of halogens is 1. The van der Waals surface area contributed by atoms with Crippen molar-refractivity contribution in [1.82, 2.24) is 9.88 Å². The van der Waals surface area contributed by atoms with E-state index in [1.54, 1.807) is 61.5 Å². The van der Waals surface area contributed by atoms with Crippen molar-refractivity contribution >= 4 is 56.9 Å². The first-order chi connectivity index (χ1) is 20.4. The van der Waals surface area contributed by atoms with Gasteiger partial charge in [-0.05, 0) is 86.2 Å². The highest BCUT2D eigenvalue weighted by molar-refractivity contribution is 9.10. The molecular formula is C29H20BrN5O8. The van der Waals surface area contributed by atoms with E-state index in [0.717, 1.165) is 27.2 Å². The zero-order valence-corrected chi connectivity index (χ0v) is 24.0. The van der Waals surface area contributed by atoms with Crippen molar-refractivity contribution in [1.29, 1.82) is 0 Å². The highest BCUT2D eigenvalue weighted by Gasteiger charge is 2.37. The minimum Gasteiger partial charge on any atom is -0.450 e. The van der Waals surface area contributed by atoms with Crippen molar-refractivity contribution < 1.29 is 29.0 Å². The van der Waals surface area contributed by atoms with Crippen molar-refractivity contribution in [3.63, 3.8) is 0 Å². The van der Waals surface area contributed by atoms with Gasteiger partial charge in [-0.2, -0.15) is 0 Å². The number of benzene rings is 3. The van der Waals surface area contributed by atoms with E-state index >= 15 is 0 Å². The molecule has 0 aliphatic carbocycles. The number of anilines is 1. The zero-order valence-electron chi connectivity index (χ0n) is 22.4. The highest BCUT2D eigenvalue weighted by atomic mass is 79.9. The summed E-state index contributed by atoms with van der Waals surface area (Å²) in [5.74, 6) is -1.47. The van der Waals surface area contributed by atoms with E-state index in [4.69, 9.17) is 4.74 Å². The summed E-state index contributed by atoms with van der Waals surface area (Å²) in [6, 6.07) is 17.1. The topological polar surface area (TPSA) is 167 Å². The van der Waals surface area contributed by atoms with Gasteiger partial charge in [0, 0.05) is 27.6 Å². The number of aryl methyl sites for hydroxylation is 1. The Morgan fingerprint density at radius 3 is 2.14 bits per heavy atom. The molecule has 0 radical (unpaired) electrons. The molecule has 1 aliphatic rings. The minimum atomic E-state index is -0.846. The predicted molar refractivity (Wildman–Crippen MR) is 158 cm³/mol. The van der Waals surface area contributed by atoms with Crippen LogP contribution in [0.2, 0.25) is 0 Å². The van der Waals surface area contributed by atoms with E-state index in [9.17, 15) is 34.6 Å². The maximum Gasteiger partial charge on any atom is 0.335 e. The Labute approximate surface area is 251 Å². The summed E-state index contributed by atoms with van der Waals surface area (Å²) in [5.41, 5.74) is 1.84. The number of ether oxygens (including phenoxy) is 1. The van der Waals surface area contributed by atoms with Crippen LogP contribution in [0.3, 0.4) is 0 Å². The summed E-state index contributed by atoms with van der Waals surface area (Å²) in [6.45, 7) is 3.63. The van der Waals surface area contributed by atoms with Gasteiger partial charge in [-0.25, -0.2) is 9.69 Å². The van der Waals surface area contributed by atoms with Crippen molar-refractivity contribution in [2.45, 2.75) is 13.8 Å². The number of urea groups is 1. The predicted octanol–water partition coefficient (Wildman–Crippen LogP) is 6.13. The molecule has 5 rings (SSSR count). The molecule has 4 amide bonds. The first-order valence-electron chi connectivity index (χ1n) is 12.5. The summed E-state index contributed by atoms with van der Waals surface area (Å²) in [4.78, 5) is 60.3. The second kappa shape index (κ2) is 11.3. The highest BCUT2D eigenvalue weighted by Crippen LogP contribution is 2.35. The van der Waals surface area contributed by atoms with Crippen molar-refractivity contribution in [3.8, 4) is 17.2 Å². The van der Waals surface area contributed by atoms with Gasteiger partial charge in [0.2, 0.25) is 5.75 Å². The third kappa shape index (κ3) is 5.63. The Morgan fingerprint density at radius 1 is 0.860 bits per heavy atom. The van der Waals surface area contributed by atoms with Gasteiger partial charge in [0.1, 0.15) is 11.3 Å². The number of hydrogen-bond donors (Lipinski definition) is 1. The van der Waals surface area contributed by atoms with Gasteiger partial charge in [0.15, 0.2) is 0 Å². The number of imide groups is 2. The number of non-ortho nitro benzene ring substituents is 1. The number of aromatic nitrogens is 1. The number of hydrogen-bond acceptors (Lipinski definition) is 8. The third-order valence-corrected chi connectivity index (χ3v) is 7.16. The average molecular weight is 646 g/mol. The molecule has 14 heteroatoms. The van der Waals surface area contributed by atoms with E-state index < -0.39 is 39.1 Å². The standard InChI is InChI=1S/C29H20BrN5O8/c1-16-13-18(14-24-27(36)31-29(38)33(28(24)37)21-5-3-19(30)4-6-21)17(2)32(16)20-7-10-23(11-8-20)43-26-12-9-22(34(39)40)15-25(26)35(41)42/h3-15H,1-2H3,(H,31,36,38)/b24-14+. The van der Waals surface area contributed by atoms with Gasteiger partial charge < -0.3 is 9.30 Å². The fourth-order valence-corrected chi connectivity index (χ4v) is 4.87. The van der Waals surface area contributed by atoms with Crippen molar-refractivity contribution in [2.24, 2.45) is 0 Å². The molecule has 3 aromatic carbocycles. The van der Waals surface area contributed by atoms with E-state index in [-0.39, 0.29) is 17.1 Å². The third-order valence-electron chi connectivity index (χ3n) is 6.63. The number of rotatable bonds is 7. The molecule has 1 aliphatic heterocycles. The first-order valence-corrected chi connectivity index (χ1v) is 13.3. The Morgan fingerprint density at radius 2 is 1.51 bits per heavy atom. The molecule has 1 N–H and O–H groups in total. The molecule has 13 nitrogen and oxygen atoms in total. The molecule has 4 aromatic rings. The summed E-state index contributed by atoms with van der Waals surface area (Å²) in [6.07, 6.45) is 1.43. The van der Waals surface area contributed by atoms with Crippen LogP contribution in [0.25, 0.3) is 11.8 Å². The van der Waals surface area contributed by atoms with Gasteiger partial charge in [-0.1, -0.05) is 15.9 Å². The number of nitrogens with one attached hydrogen (secondary N) is 1. The second-order valence-corrected chi connectivity index (χ2v) is 10.3. The fourth-order valence-electron chi connectivity index (χ4n) is 4.61. The minimum absolute atomic E-state index is 0.156. The van der Waals surface area contributed by atoms with Crippen LogP contribution in [0, 0.1) is 34.1 Å². The Bertz CT molecular complexity index is 1860. The van der Waals surface area contributed by atoms with Crippen molar-refractivity contribution in [3.05, 3.63) is 120 Å². The van der Waals surface area contributed by atoms with E-state index in [0.29, 0.717) is 22.6 Å². The number of barbiturate groups is 1. The lowest BCUT2D eigenvalue weighted by Crippen LogP contribution is -2.54. The Kier molecular flexibility index (Phi) is 7.61. The maximum absolute atomic E-state index is 13.3. The van der Waals surface area contributed by atoms with Crippen LogP contribution in [0.4, 0.5) is 21.9 Å².